The molecule has 3 aromatic rings. The van der Waals surface area contributed by atoms with Crippen molar-refractivity contribution >= 4 is 33.6 Å². The minimum Gasteiger partial charge on any atom is -0.632 e. The maximum atomic E-state index is 13.3. The summed E-state index contributed by atoms with van der Waals surface area (Å²) in [6, 6.07) is 6.02. The van der Waals surface area contributed by atoms with Gasteiger partial charge in [0.2, 0.25) is 12.0 Å². The number of nitrogens with one attached hydrogen (secondary N) is 1. The van der Waals surface area contributed by atoms with E-state index in [4.69, 9.17) is 5.73 Å². The van der Waals surface area contributed by atoms with Gasteiger partial charge in [-0.15, -0.1) is 11.3 Å². The van der Waals surface area contributed by atoms with Gasteiger partial charge in [-0.25, -0.2) is 9.37 Å². The number of hydrogen-bond acceptors (Lipinski definition) is 7. The Kier molecular flexibility index (Phi) is 15.5. The van der Waals surface area contributed by atoms with Crippen LogP contribution in [0.4, 0.5) is 9.18 Å². The molecule has 0 unspecified atom stereocenters. The van der Waals surface area contributed by atoms with Crippen molar-refractivity contribution in [2.24, 2.45) is 0 Å². The summed E-state index contributed by atoms with van der Waals surface area (Å²) >= 11 is 1.27. The van der Waals surface area contributed by atoms with E-state index in [1.807, 2.05) is 5.38 Å². The van der Waals surface area contributed by atoms with Crippen molar-refractivity contribution in [3.63, 3.8) is 0 Å². The Bertz CT molecular complexity index is 1270. The van der Waals surface area contributed by atoms with Crippen LogP contribution < -0.4 is 5.56 Å². The van der Waals surface area contributed by atoms with Gasteiger partial charge in [-0.1, -0.05) is 12.1 Å². The number of aromatic nitrogens is 2. The summed E-state index contributed by atoms with van der Waals surface area (Å²) < 4.78 is 19.7. The number of carbonyl (C=O) groups excluding carboxylic acids is 2. The van der Waals surface area contributed by atoms with Crippen molar-refractivity contribution in [2.45, 2.75) is 44.2 Å². The predicted octanol–water partition coefficient (Wildman–Crippen LogP) is 5.33. The molecule has 1 aromatic carbocycles. The van der Waals surface area contributed by atoms with E-state index >= 15 is 0 Å². The zero-order valence-electron chi connectivity index (χ0n) is 22.5. The van der Waals surface area contributed by atoms with E-state index in [-0.39, 0.29) is 94.5 Å². The molecule has 0 saturated carbocycles. The van der Waals surface area contributed by atoms with Crippen LogP contribution in [0, 0.1) is 69.8 Å². The molecule has 0 bridgehead atoms. The molecule has 2 aromatic heterocycles. The van der Waals surface area contributed by atoms with Crippen molar-refractivity contribution in [3.05, 3.63) is 80.2 Å². The van der Waals surface area contributed by atoms with E-state index in [9.17, 15) is 23.9 Å². The smallest absolute Gasteiger partial charge is 0.632 e. The zero-order chi connectivity index (χ0) is 25.0. The molecule has 1 aliphatic heterocycles. The van der Waals surface area contributed by atoms with Crippen LogP contribution in [0.2, 0.25) is 0 Å². The Balaban J connectivity index is 0.00000361. The molecular weight excluding hydrogens is 652 g/mol. The van der Waals surface area contributed by atoms with Gasteiger partial charge in [-0.3, -0.25) is 19.0 Å². The van der Waals surface area contributed by atoms with Gasteiger partial charge in [0, 0.05) is 30.5 Å². The van der Waals surface area contributed by atoms with E-state index in [2.05, 4.69) is 9.72 Å². The molecule has 0 spiro atoms. The minimum atomic E-state index is -1.13. The first-order valence-corrected chi connectivity index (χ1v) is 12.2. The number of rotatable bonds is 8. The third kappa shape index (κ3) is 9.31. The van der Waals surface area contributed by atoms with Gasteiger partial charge in [0.15, 0.2) is 0 Å². The number of benzene rings is 1. The topological polar surface area (TPSA) is 126 Å². The number of piperidine rings is 1. The number of unbranched alkanes of at least 4 members (excludes halogenated alkanes) is 1. The molecule has 12 heteroatoms. The van der Waals surface area contributed by atoms with Crippen molar-refractivity contribution in [2.75, 3.05) is 19.7 Å². The van der Waals surface area contributed by atoms with Crippen molar-refractivity contribution < 1.29 is 65.6 Å². The number of amides is 2. The fourth-order valence-corrected chi connectivity index (χ4v) is 5.21. The van der Waals surface area contributed by atoms with Gasteiger partial charge in [0.25, 0.3) is 5.56 Å². The van der Waals surface area contributed by atoms with Crippen molar-refractivity contribution in [1.29, 1.82) is 0 Å². The van der Waals surface area contributed by atoms with Gasteiger partial charge in [0.05, 0.1) is 30.6 Å². The minimum absolute atomic E-state index is 0. The largest absolute Gasteiger partial charge is 4.00 e. The molecule has 210 valence electrons. The first kappa shape index (κ1) is 37.1. The number of aliphatic hydroxyl groups is 1. The molecule has 39 heavy (non-hydrogen) atoms. The maximum Gasteiger partial charge on any atom is 4.00 e. The summed E-state index contributed by atoms with van der Waals surface area (Å²) in [6.07, 6.45) is 2.40. The number of likely N-dealkylation sites (tertiary alicyclic amines) is 1. The van der Waals surface area contributed by atoms with Crippen LogP contribution in [0.25, 0.3) is 27.1 Å². The predicted molar refractivity (Wildman–Crippen MR) is 149 cm³/mol. The Labute approximate surface area is 266 Å². The molecule has 2 amide bonds. The molecule has 2 N–H and O–H groups in total. The van der Waals surface area contributed by atoms with Crippen LogP contribution in [0.15, 0.2) is 40.8 Å². The SMILES string of the molecule is [CH3-].[CH3-].[CH3-].[Ce+4].[NH-]C(=O)OCCCCC(=O)N1CCC(O)(Cn2cnc3c(-c4ccc(F)cc4)csc3c2=O)CC1. The Hall–Kier alpha value is -1.93. The van der Waals surface area contributed by atoms with E-state index in [0.29, 0.717) is 55.4 Å². The van der Waals surface area contributed by atoms with Crippen molar-refractivity contribution in [3.8, 4) is 11.1 Å². The van der Waals surface area contributed by atoms with E-state index in [1.54, 1.807) is 17.0 Å². The number of nitrogens with zero attached hydrogens (tertiary/aromatic N) is 3. The van der Waals surface area contributed by atoms with Crippen LogP contribution in [-0.2, 0) is 16.1 Å². The standard InChI is InChI=1S/C24H27FN4O5S.3CH3.Ce/c25-17-6-4-16(5-7-17)18-13-35-21-20(18)27-15-29(22(21)31)14-24(33)8-10-28(11-9-24)19(30)3-1-2-12-34-23(26)32;;;;/h4-7,13,15,33H,1-3,8-12,14H2,(H2,26,32);3*1H3;/q;3*-1;+4/p-1. The Morgan fingerprint density at radius 3 is 2.38 bits per heavy atom. The molecule has 0 radical (unpaired) electrons. The Morgan fingerprint density at radius 2 is 1.77 bits per heavy atom. The molecule has 9 nitrogen and oxygen atoms in total. The molecule has 1 saturated heterocycles. The summed E-state index contributed by atoms with van der Waals surface area (Å²) in [4.78, 5) is 42.1. The maximum absolute atomic E-state index is 13.3. The number of halogens is 1. The fraction of sp³-hybridized carbons (Fsp3) is 0.370. The molecule has 0 aliphatic carbocycles. The summed E-state index contributed by atoms with van der Waals surface area (Å²) in [5.74, 6) is -0.367. The van der Waals surface area contributed by atoms with Gasteiger partial charge >= 0.3 is 41.7 Å². The van der Waals surface area contributed by atoms with Crippen LogP contribution in [0.3, 0.4) is 0 Å². The quantitative estimate of drug-likeness (QED) is 0.253. The molecule has 4 rings (SSSR count). The number of hydrogen-bond donors (Lipinski definition) is 1. The van der Waals surface area contributed by atoms with Crippen molar-refractivity contribution in [1.82, 2.24) is 14.5 Å². The number of carbonyl (C=O) groups is 2. The zero-order valence-corrected chi connectivity index (χ0v) is 26.5. The monoisotopic (exact) mass is 686 g/mol. The number of thiophene rings is 1. The van der Waals surface area contributed by atoms with Crippen LogP contribution in [-0.4, -0.2) is 56.9 Å². The third-order valence-electron chi connectivity index (χ3n) is 6.23. The third-order valence-corrected chi connectivity index (χ3v) is 7.19. The number of fused-ring (bicyclic) bond motifs is 1. The summed E-state index contributed by atoms with van der Waals surface area (Å²) in [5.41, 5.74) is 7.39. The second kappa shape index (κ2) is 16.4. The van der Waals surface area contributed by atoms with Gasteiger partial charge in [-0.2, -0.15) is 0 Å². The summed E-state index contributed by atoms with van der Waals surface area (Å²) in [5, 5.41) is 12.9. The molecular formula is C27H35CeFN4O5S. The molecule has 0 atom stereocenters. The molecule has 1 aliphatic rings. The fourth-order valence-electron chi connectivity index (χ4n) is 4.24. The van der Waals surface area contributed by atoms with Crippen LogP contribution >= 0.6 is 11.3 Å². The number of ether oxygens (including phenoxy) is 1. The second-order valence-electron chi connectivity index (χ2n) is 8.71. The van der Waals surface area contributed by atoms with Gasteiger partial charge < -0.3 is 42.8 Å². The van der Waals surface area contributed by atoms with E-state index < -0.39 is 11.7 Å². The average Bonchev–Trinajstić information content (AvgIpc) is 3.26. The summed E-state index contributed by atoms with van der Waals surface area (Å²) in [7, 11) is 0. The average molecular weight is 687 g/mol. The molecule has 3 heterocycles. The van der Waals surface area contributed by atoms with Crippen LogP contribution in [0.1, 0.15) is 32.1 Å². The first-order valence-electron chi connectivity index (χ1n) is 11.4. The summed E-state index contributed by atoms with van der Waals surface area (Å²) in [6.45, 7) is 0.974. The van der Waals surface area contributed by atoms with Crippen LogP contribution in [0.5, 0.6) is 0 Å². The van der Waals surface area contributed by atoms with E-state index in [0.717, 1.165) is 11.1 Å². The van der Waals surface area contributed by atoms with E-state index in [1.165, 1.54) is 34.4 Å². The normalized spacial score (nSPS) is 13.7. The second-order valence-corrected chi connectivity index (χ2v) is 9.59. The molecule has 1 fully saturated rings. The Morgan fingerprint density at radius 1 is 1.13 bits per heavy atom. The van der Waals surface area contributed by atoms with Gasteiger partial charge in [-0.05, 0) is 43.4 Å². The first-order chi connectivity index (χ1) is 16.8. The van der Waals surface area contributed by atoms with Gasteiger partial charge in [0.1, 0.15) is 10.5 Å².